The van der Waals surface area contributed by atoms with Crippen molar-refractivity contribution in [3.8, 4) is 57.3 Å². The number of hydrogen-bond acceptors (Lipinski definition) is 29. The molecule has 4 atom stereocenters. The van der Waals surface area contributed by atoms with Crippen LogP contribution in [0.2, 0.25) is 5.02 Å². The van der Waals surface area contributed by atoms with E-state index in [2.05, 4.69) is 123 Å². The molecule has 4 fully saturated rings. The number of carbonyl (C=O) groups is 4. The third-order valence-corrected chi connectivity index (χ3v) is 29.3. The van der Waals surface area contributed by atoms with Gasteiger partial charge in [0.2, 0.25) is 11.8 Å². The van der Waals surface area contributed by atoms with E-state index < -0.39 is 90.8 Å². The van der Waals surface area contributed by atoms with E-state index in [1.165, 1.54) is 123 Å². The number of nitrogens with two attached hydrogens (primary N) is 1. The molecule has 2 unspecified atom stereocenters. The summed E-state index contributed by atoms with van der Waals surface area (Å²) in [5, 5.41) is -0.909. The first-order valence-electron chi connectivity index (χ1n) is 45.0. The van der Waals surface area contributed by atoms with Gasteiger partial charge < -0.3 is 49.3 Å². The van der Waals surface area contributed by atoms with Crippen LogP contribution < -0.4 is 68.7 Å². The van der Waals surface area contributed by atoms with Crippen molar-refractivity contribution in [3.63, 3.8) is 0 Å². The summed E-state index contributed by atoms with van der Waals surface area (Å²) in [4.78, 5) is 105. The highest BCUT2D eigenvalue weighted by atomic mass is 35.5. The van der Waals surface area contributed by atoms with Crippen molar-refractivity contribution in [1.29, 1.82) is 0 Å². The van der Waals surface area contributed by atoms with Gasteiger partial charge in [-0.1, -0.05) is 81.3 Å². The predicted octanol–water partition coefficient (Wildman–Crippen LogP) is 16.3. The normalized spacial score (nSPS) is 17.2. The summed E-state index contributed by atoms with van der Waals surface area (Å²) in [6.07, 6.45) is 9.45. The molecule has 41 heteroatoms. The molecule has 4 saturated heterocycles. The minimum absolute atomic E-state index is 0.00669. The highest BCUT2D eigenvalue weighted by molar-refractivity contribution is 7.91. The van der Waals surface area contributed by atoms with Gasteiger partial charge >= 0.3 is 0 Å². The summed E-state index contributed by atoms with van der Waals surface area (Å²) in [6, 6.07) is 48.9. The lowest BCUT2D eigenvalue weighted by Crippen LogP contribution is -2.41. The Morgan fingerprint density at radius 1 is 0.461 bits per heavy atom. The molecular formula is C100H110ClF2N17O17S4. The molecule has 16 rings (SSSR count). The van der Waals surface area contributed by atoms with E-state index in [-0.39, 0.29) is 94.4 Å². The largest absolute Gasteiger partial charge is 0.496 e. The van der Waals surface area contributed by atoms with Gasteiger partial charge in [-0.15, -0.1) is 0 Å². The number of benzene rings is 4. The van der Waals surface area contributed by atoms with Crippen molar-refractivity contribution in [2.24, 2.45) is 23.7 Å². The number of methoxy groups -OCH3 is 1. The van der Waals surface area contributed by atoms with Crippen LogP contribution in [0.1, 0.15) is 163 Å². The zero-order valence-electron chi connectivity index (χ0n) is 80.2. The average molecular weight is 2020 g/mol. The number of ether oxygens (including phenoxy) is 4. The van der Waals surface area contributed by atoms with E-state index in [4.69, 9.17) is 46.3 Å². The number of aryl methyl sites for hydroxylation is 1. The summed E-state index contributed by atoms with van der Waals surface area (Å²) in [5.74, 6) is 0.145. The molecule has 4 aromatic carbocycles. The van der Waals surface area contributed by atoms with Gasteiger partial charge in [0.05, 0.1) is 52.4 Å². The van der Waals surface area contributed by atoms with Crippen LogP contribution in [-0.2, 0) is 40.1 Å². The second-order valence-electron chi connectivity index (χ2n) is 37.3. The van der Waals surface area contributed by atoms with Gasteiger partial charge in [0.1, 0.15) is 68.6 Å². The van der Waals surface area contributed by atoms with Crippen molar-refractivity contribution in [2.45, 2.75) is 165 Å². The maximum atomic E-state index is 14.1. The highest BCUT2D eigenvalue weighted by Gasteiger charge is 2.45. The number of halogens is 3. The number of aromatic amines is 1. The number of sulfonamides is 4. The molecular weight excluding hydrogens is 1910 g/mol. The third kappa shape index (κ3) is 24.9. The molecule has 742 valence electrons. The Morgan fingerprint density at radius 2 is 0.887 bits per heavy atom. The van der Waals surface area contributed by atoms with Crippen LogP contribution in [0.3, 0.4) is 0 Å². The average Bonchev–Trinajstić information content (AvgIpc) is 1.66. The zero-order chi connectivity index (χ0) is 102. The topological polar surface area (TPSA) is 452 Å². The van der Waals surface area contributed by atoms with Crippen molar-refractivity contribution in [3.05, 3.63) is 274 Å². The SMILES string of the molecule is CC1CN(c2ncccc2C(=O)NS(=O)(=O)c2cccc(Oc3ccc(F)c(Cl)c3)n2)C(C)(C)C1.CCOc1cccc(Oc2cccc(S(=O)(=O)NC(=O)c3cccnc3N3CC(C)CC3(C)C)n2)c1.COc1ccc(F)cc1-c1ccc(C(=O)NS(=O)(=O)c2ccc[nH]c2=O)c(N2C[C@@H](C)CC2(C)C)n1.Cc1cccc(-c2ccc(C(=O)NS(=O)(=O)c3cccnc3N)c(N3C[C@@H](C)CC3(C)C)n2)c1. The van der Waals surface area contributed by atoms with Crippen LogP contribution in [0.25, 0.3) is 22.5 Å². The maximum absolute atomic E-state index is 14.1. The molecule has 141 heavy (non-hydrogen) atoms. The summed E-state index contributed by atoms with van der Waals surface area (Å²) in [5.41, 5.74) is 7.80. The lowest BCUT2D eigenvalue weighted by atomic mass is 9.97. The molecule has 0 spiro atoms. The Morgan fingerprint density at radius 3 is 1.35 bits per heavy atom. The Kier molecular flexibility index (Phi) is 31.5. The number of H-pyrrole nitrogens is 1. The van der Waals surface area contributed by atoms with Crippen molar-refractivity contribution in [2.75, 3.05) is 65.2 Å². The molecule has 0 bridgehead atoms. The molecule has 4 aliphatic rings. The quantitative estimate of drug-likeness (QED) is 0.0309. The molecule has 0 radical (unpaired) electrons. The fraction of sp³-hybridized carbons (Fsp3) is 0.320. The third-order valence-electron chi connectivity index (χ3n) is 23.8. The Bertz CT molecular complexity index is 7290. The van der Waals surface area contributed by atoms with Crippen LogP contribution in [0.15, 0.2) is 244 Å². The van der Waals surface area contributed by atoms with Crippen LogP contribution in [0.4, 0.5) is 37.9 Å². The molecule has 7 N–H and O–H groups in total. The van der Waals surface area contributed by atoms with Gasteiger partial charge in [0, 0.05) is 109 Å². The molecule has 12 heterocycles. The zero-order valence-corrected chi connectivity index (χ0v) is 84.2. The van der Waals surface area contributed by atoms with Crippen molar-refractivity contribution in [1.82, 2.24) is 58.8 Å². The second kappa shape index (κ2) is 42.5. The monoisotopic (exact) mass is 2020 g/mol. The number of hydrogen-bond donors (Lipinski definition) is 6. The van der Waals surface area contributed by atoms with Gasteiger partial charge in [0.15, 0.2) is 14.9 Å². The Labute approximate surface area is 822 Å². The summed E-state index contributed by atoms with van der Waals surface area (Å²) in [6.45, 7) is 32.1. The number of carbonyl (C=O) groups excluding carboxylic acids is 4. The number of amides is 4. The maximum Gasteiger partial charge on any atom is 0.281 e. The van der Waals surface area contributed by atoms with E-state index in [1.807, 2.05) is 66.5 Å². The van der Waals surface area contributed by atoms with Crippen LogP contribution in [0.5, 0.6) is 34.8 Å². The number of nitrogens with one attached hydrogen (secondary N) is 5. The molecule has 4 aliphatic heterocycles. The van der Waals surface area contributed by atoms with Gasteiger partial charge in [-0.2, -0.15) is 26.8 Å². The van der Waals surface area contributed by atoms with E-state index in [0.717, 1.165) is 55.5 Å². The lowest BCUT2D eigenvalue weighted by molar-refractivity contribution is 0.0972. The fourth-order valence-corrected chi connectivity index (χ4v) is 22.1. The first-order valence-corrected chi connectivity index (χ1v) is 51.3. The van der Waals surface area contributed by atoms with E-state index in [9.17, 15) is 66.4 Å². The van der Waals surface area contributed by atoms with Gasteiger partial charge in [0.25, 0.3) is 69.3 Å². The number of pyridine rings is 8. The Hall–Kier alpha value is -14.1. The van der Waals surface area contributed by atoms with E-state index >= 15 is 0 Å². The Balaban J connectivity index is 0.000000158. The first-order chi connectivity index (χ1) is 66.4. The van der Waals surface area contributed by atoms with Crippen molar-refractivity contribution >= 4 is 104 Å². The number of anilines is 5. The number of nitrogen functional groups attached to an aromatic ring is 1. The van der Waals surface area contributed by atoms with E-state index in [1.54, 1.807) is 67.0 Å². The first kappa shape index (κ1) is 104. The summed E-state index contributed by atoms with van der Waals surface area (Å²) in [7, 11) is -15.8. The number of aromatic nitrogens is 8. The van der Waals surface area contributed by atoms with Crippen LogP contribution in [0, 0.1) is 42.2 Å². The minimum Gasteiger partial charge on any atom is -0.496 e. The standard InChI is InChI=1S/C26H30N4O5S.C25H27FN4O5S.C25H29N5O3S.C24H24ClFN4O4S/c1-5-34-19-9-6-10-20(15-19)35-22-12-7-13-23(28-22)36(32,33)29-25(31)21-11-8-14-27-24(21)30-17-18(2)16-26(30,3)4;1-15-13-25(2,3)30(14-15)22-17(23(31)29-36(33,34)21-6-5-11-27-24(21)32)8-9-19(28-22)18-12-16(26)7-10-20(18)35-4;1-16-7-5-8-18(13-16)20-11-10-19(23(28-20)30-15-17(2)14-25(30,3)4)24(31)29-34(32,33)21-9-6-12-27-22(21)26;1-15-13-24(2,3)30(14-15)22-17(6-5-11-27-22)23(31)29-35(32,33)21-8-4-7-20(28-21)34-16-9-10-19(26)18(25)12-16/h6-15,18H,5,16-17H2,1-4H3,(H,29,31);5-12,15H,13-14H2,1-4H3,(H,27,32)(H,29,31);5-13,17H,14-15H2,1-4H3,(H2,26,27)(H,29,31);4-12,15H,13-14H2,1-3H3,(H,29,31)/t;15-;17-;/m.00./s1. The van der Waals surface area contributed by atoms with Crippen LogP contribution in [-0.4, -0.2) is 159 Å². The minimum atomic E-state index is -4.46. The molecule has 34 nitrogen and oxygen atoms in total. The number of nitrogens with zero attached hydrogens (tertiary/aromatic N) is 11. The summed E-state index contributed by atoms with van der Waals surface area (Å²) < 4.78 is 161. The molecule has 4 amide bonds. The molecule has 12 aromatic rings. The van der Waals surface area contributed by atoms with Gasteiger partial charge in [-0.3, -0.25) is 24.0 Å². The summed E-state index contributed by atoms with van der Waals surface area (Å²) >= 11 is 5.76. The predicted molar refractivity (Wildman–Crippen MR) is 532 cm³/mol. The van der Waals surface area contributed by atoms with E-state index in [0.29, 0.717) is 95.6 Å². The molecule has 0 saturated carbocycles. The fourth-order valence-electron chi connectivity index (χ4n) is 18.0. The lowest BCUT2D eigenvalue weighted by Gasteiger charge is -2.34. The van der Waals surface area contributed by atoms with Crippen LogP contribution >= 0.6 is 11.6 Å². The highest BCUT2D eigenvalue weighted by Crippen LogP contribution is 2.44. The van der Waals surface area contributed by atoms with Crippen molar-refractivity contribution < 1.29 is 80.6 Å². The smallest absolute Gasteiger partial charge is 0.281 e. The molecule has 8 aromatic heterocycles. The second-order valence-corrected chi connectivity index (χ2v) is 44.3. The number of rotatable bonds is 25. The molecule has 0 aliphatic carbocycles. The van der Waals surface area contributed by atoms with Gasteiger partial charge in [-0.25, -0.2) is 69.4 Å². The van der Waals surface area contributed by atoms with Gasteiger partial charge in [-0.05, 0) is 252 Å².